The molecule has 0 bridgehead atoms. The van der Waals surface area contributed by atoms with Gasteiger partial charge in [-0.25, -0.2) is 0 Å². The monoisotopic (exact) mass is 226 g/mol. The standard InChI is InChI=1S/C12H15ClO2/c1-8-4-5-10(7-11(8)15-3)9(2)6-12(13)14/h4-5,7,9H,6H2,1-3H3. The quantitative estimate of drug-likeness (QED) is 0.737. The molecule has 3 heteroatoms. The van der Waals surface area contributed by atoms with Crippen LogP contribution in [0, 0.1) is 6.92 Å². The van der Waals surface area contributed by atoms with Crippen LogP contribution in [0.15, 0.2) is 18.2 Å². The largest absolute Gasteiger partial charge is 0.496 e. The molecule has 0 aliphatic rings. The number of carbonyl (C=O) groups excluding carboxylic acids is 1. The molecule has 0 amide bonds. The van der Waals surface area contributed by atoms with Crippen molar-refractivity contribution < 1.29 is 9.53 Å². The lowest BCUT2D eigenvalue weighted by atomic mass is 9.97. The van der Waals surface area contributed by atoms with Crippen molar-refractivity contribution in [3.63, 3.8) is 0 Å². The Kier molecular flexibility index (Phi) is 4.15. The fourth-order valence-corrected chi connectivity index (χ4v) is 1.73. The van der Waals surface area contributed by atoms with Gasteiger partial charge in [0.05, 0.1) is 7.11 Å². The van der Waals surface area contributed by atoms with Crippen molar-refractivity contribution in [1.29, 1.82) is 0 Å². The molecular weight excluding hydrogens is 212 g/mol. The molecule has 0 saturated carbocycles. The van der Waals surface area contributed by atoms with Crippen molar-refractivity contribution >= 4 is 16.8 Å². The maximum Gasteiger partial charge on any atom is 0.222 e. The number of ether oxygens (including phenoxy) is 1. The average molecular weight is 227 g/mol. The Hall–Kier alpha value is -1.02. The fraction of sp³-hybridized carbons (Fsp3) is 0.417. The minimum atomic E-state index is -0.304. The second kappa shape index (κ2) is 5.17. The number of carbonyl (C=O) groups is 1. The molecule has 0 saturated heterocycles. The zero-order valence-electron chi connectivity index (χ0n) is 9.21. The first-order valence-electron chi connectivity index (χ1n) is 4.87. The van der Waals surface area contributed by atoms with E-state index in [2.05, 4.69) is 0 Å². The van der Waals surface area contributed by atoms with Crippen molar-refractivity contribution in [2.45, 2.75) is 26.2 Å². The van der Waals surface area contributed by atoms with E-state index in [0.29, 0.717) is 6.42 Å². The van der Waals surface area contributed by atoms with E-state index in [4.69, 9.17) is 16.3 Å². The van der Waals surface area contributed by atoms with Crippen molar-refractivity contribution in [2.75, 3.05) is 7.11 Å². The Morgan fingerprint density at radius 1 is 1.53 bits per heavy atom. The molecule has 1 aromatic carbocycles. The van der Waals surface area contributed by atoms with Crippen LogP contribution in [0.1, 0.15) is 30.4 Å². The maximum absolute atomic E-state index is 10.8. The van der Waals surface area contributed by atoms with Gasteiger partial charge in [0, 0.05) is 6.42 Å². The van der Waals surface area contributed by atoms with Crippen molar-refractivity contribution in [3.05, 3.63) is 29.3 Å². The van der Waals surface area contributed by atoms with Crippen LogP contribution in [0.2, 0.25) is 0 Å². The van der Waals surface area contributed by atoms with Gasteiger partial charge in [0.15, 0.2) is 0 Å². The van der Waals surface area contributed by atoms with Crippen LogP contribution in [0.4, 0.5) is 0 Å². The molecule has 1 aromatic rings. The Labute approximate surface area is 95.2 Å². The lowest BCUT2D eigenvalue weighted by Gasteiger charge is -2.12. The summed E-state index contributed by atoms with van der Waals surface area (Å²) in [6.07, 6.45) is 0.355. The van der Waals surface area contributed by atoms with Gasteiger partial charge in [-0.2, -0.15) is 0 Å². The molecule has 1 unspecified atom stereocenters. The number of rotatable bonds is 4. The van der Waals surface area contributed by atoms with Gasteiger partial charge < -0.3 is 4.74 Å². The third kappa shape index (κ3) is 3.24. The number of methoxy groups -OCH3 is 1. The van der Waals surface area contributed by atoms with Gasteiger partial charge in [-0.1, -0.05) is 19.1 Å². The highest BCUT2D eigenvalue weighted by atomic mass is 35.5. The molecule has 2 nitrogen and oxygen atoms in total. The zero-order valence-corrected chi connectivity index (χ0v) is 9.97. The minimum Gasteiger partial charge on any atom is -0.496 e. The Morgan fingerprint density at radius 3 is 2.73 bits per heavy atom. The first-order valence-corrected chi connectivity index (χ1v) is 5.25. The number of benzene rings is 1. The third-order valence-electron chi connectivity index (χ3n) is 2.47. The molecule has 0 fully saturated rings. The summed E-state index contributed by atoms with van der Waals surface area (Å²) in [5.74, 6) is 0.978. The zero-order chi connectivity index (χ0) is 11.4. The second-order valence-electron chi connectivity index (χ2n) is 3.69. The van der Waals surface area contributed by atoms with E-state index < -0.39 is 0 Å². The van der Waals surface area contributed by atoms with E-state index in [1.165, 1.54) is 0 Å². The summed E-state index contributed by atoms with van der Waals surface area (Å²) >= 11 is 5.36. The molecule has 0 spiro atoms. The average Bonchev–Trinajstić information content (AvgIpc) is 2.17. The molecule has 0 aromatic heterocycles. The maximum atomic E-state index is 10.8. The number of halogens is 1. The molecule has 0 aliphatic carbocycles. The first kappa shape index (κ1) is 12.1. The summed E-state index contributed by atoms with van der Waals surface area (Å²) in [7, 11) is 1.64. The summed E-state index contributed by atoms with van der Waals surface area (Å²) < 4.78 is 5.22. The second-order valence-corrected chi connectivity index (χ2v) is 4.11. The van der Waals surface area contributed by atoms with E-state index in [-0.39, 0.29) is 11.2 Å². The topological polar surface area (TPSA) is 26.3 Å². The third-order valence-corrected chi connectivity index (χ3v) is 2.62. The van der Waals surface area contributed by atoms with E-state index in [1.807, 2.05) is 32.0 Å². The fourth-order valence-electron chi connectivity index (χ4n) is 1.50. The molecule has 0 heterocycles. The molecule has 0 radical (unpaired) electrons. The SMILES string of the molecule is COc1cc(C(C)CC(=O)Cl)ccc1C. The predicted octanol–water partition coefficient (Wildman–Crippen LogP) is 3.26. The van der Waals surface area contributed by atoms with E-state index in [9.17, 15) is 4.79 Å². The highest BCUT2D eigenvalue weighted by Crippen LogP contribution is 2.26. The van der Waals surface area contributed by atoms with Gasteiger partial charge in [-0.15, -0.1) is 0 Å². The Morgan fingerprint density at radius 2 is 2.20 bits per heavy atom. The van der Waals surface area contributed by atoms with Crippen molar-refractivity contribution in [3.8, 4) is 5.75 Å². The van der Waals surface area contributed by atoms with Gasteiger partial charge in [0.1, 0.15) is 5.75 Å². The highest BCUT2D eigenvalue weighted by molar-refractivity contribution is 6.63. The number of aryl methyl sites for hydroxylation is 1. The molecule has 1 rings (SSSR count). The van der Waals surface area contributed by atoms with Crippen LogP contribution in [0.3, 0.4) is 0 Å². The summed E-state index contributed by atoms with van der Waals surface area (Å²) in [6.45, 7) is 3.96. The lowest BCUT2D eigenvalue weighted by molar-refractivity contribution is -0.111. The summed E-state index contributed by atoms with van der Waals surface area (Å²) in [6, 6.07) is 5.95. The molecule has 0 aliphatic heterocycles. The van der Waals surface area contributed by atoms with E-state index in [0.717, 1.165) is 16.9 Å². The summed E-state index contributed by atoms with van der Waals surface area (Å²) in [4.78, 5) is 10.8. The van der Waals surface area contributed by atoms with Gasteiger partial charge >= 0.3 is 0 Å². The summed E-state index contributed by atoms with van der Waals surface area (Å²) in [5, 5.41) is -0.304. The van der Waals surface area contributed by atoms with Crippen LogP contribution < -0.4 is 4.74 Å². The summed E-state index contributed by atoms with van der Waals surface area (Å²) in [5.41, 5.74) is 2.16. The van der Waals surface area contributed by atoms with Gasteiger partial charge in [-0.3, -0.25) is 4.79 Å². The molecule has 82 valence electrons. The smallest absolute Gasteiger partial charge is 0.222 e. The van der Waals surface area contributed by atoms with Crippen LogP contribution in [-0.2, 0) is 4.79 Å². The van der Waals surface area contributed by atoms with Crippen LogP contribution in [-0.4, -0.2) is 12.4 Å². The molecule has 1 atom stereocenters. The van der Waals surface area contributed by atoms with E-state index in [1.54, 1.807) is 7.11 Å². The Balaban J connectivity index is 2.90. The highest BCUT2D eigenvalue weighted by Gasteiger charge is 2.11. The lowest BCUT2D eigenvalue weighted by Crippen LogP contribution is -1.99. The molecule has 0 N–H and O–H groups in total. The van der Waals surface area contributed by atoms with Crippen LogP contribution in [0.5, 0.6) is 5.75 Å². The predicted molar refractivity (Wildman–Crippen MR) is 61.6 cm³/mol. The van der Waals surface area contributed by atoms with Gasteiger partial charge in [0.2, 0.25) is 5.24 Å². The van der Waals surface area contributed by atoms with Crippen LogP contribution in [0.25, 0.3) is 0 Å². The molecular formula is C12H15ClO2. The van der Waals surface area contributed by atoms with E-state index >= 15 is 0 Å². The van der Waals surface area contributed by atoms with Crippen molar-refractivity contribution in [1.82, 2.24) is 0 Å². The molecule has 15 heavy (non-hydrogen) atoms. The number of hydrogen-bond acceptors (Lipinski definition) is 2. The van der Waals surface area contributed by atoms with Gasteiger partial charge in [-0.05, 0) is 41.6 Å². The van der Waals surface area contributed by atoms with Gasteiger partial charge in [0.25, 0.3) is 0 Å². The normalized spacial score (nSPS) is 12.3. The minimum absolute atomic E-state index is 0.129. The first-order chi connectivity index (χ1) is 7.04. The van der Waals surface area contributed by atoms with Crippen LogP contribution >= 0.6 is 11.6 Å². The Bertz CT molecular complexity index is 361. The van der Waals surface area contributed by atoms with Crippen molar-refractivity contribution in [2.24, 2.45) is 0 Å². The number of hydrogen-bond donors (Lipinski definition) is 0.